The van der Waals surface area contributed by atoms with E-state index in [4.69, 9.17) is 0 Å². The molecule has 112 valence electrons. The molecule has 1 rings (SSSR count). The molecule has 0 aromatic heterocycles. The second kappa shape index (κ2) is 6.79. The molecule has 0 saturated carbocycles. The average molecular weight is 284 g/mol. The van der Waals surface area contributed by atoms with Gasteiger partial charge in [0.25, 0.3) is 0 Å². The van der Waals surface area contributed by atoms with Crippen molar-refractivity contribution in [3.63, 3.8) is 0 Å². The van der Waals surface area contributed by atoms with Crippen LogP contribution >= 0.6 is 0 Å². The van der Waals surface area contributed by atoms with Gasteiger partial charge in [-0.3, -0.25) is 4.79 Å². The summed E-state index contributed by atoms with van der Waals surface area (Å²) in [5.41, 5.74) is 0.127. The molecule has 0 aliphatic carbocycles. The van der Waals surface area contributed by atoms with Crippen molar-refractivity contribution in [2.75, 3.05) is 13.1 Å². The maximum absolute atomic E-state index is 13.1. The van der Waals surface area contributed by atoms with Crippen molar-refractivity contribution < 1.29 is 13.6 Å². The predicted octanol–water partition coefficient (Wildman–Crippen LogP) is 2.78. The lowest BCUT2D eigenvalue weighted by Crippen LogP contribution is -2.39. The lowest BCUT2D eigenvalue weighted by atomic mass is 9.96. The van der Waals surface area contributed by atoms with Gasteiger partial charge >= 0.3 is 0 Å². The third-order valence-electron chi connectivity index (χ3n) is 2.93. The van der Waals surface area contributed by atoms with E-state index in [1.807, 2.05) is 27.7 Å². The van der Waals surface area contributed by atoms with Gasteiger partial charge in [-0.15, -0.1) is 0 Å². The first-order valence-electron chi connectivity index (χ1n) is 6.68. The van der Waals surface area contributed by atoms with Gasteiger partial charge in [-0.25, -0.2) is 8.78 Å². The first-order valence-corrected chi connectivity index (χ1v) is 6.68. The fourth-order valence-corrected chi connectivity index (χ4v) is 1.67. The number of hydrogen-bond donors (Lipinski definition) is 2. The summed E-state index contributed by atoms with van der Waals surface area (Å²) >= 11 is 0. The standard InChI is InChI=1S/C15H22F2N2O/c1-10(11-7-12(16)9-13(17)8-11)18-5-6-19-14(20)15(2,3)4/h7-10,18H,5-6H2,1-4H3,(H,19,20). The number of nitrogens with one attached hydrogen (secondary N) is 2. The zero-order valence-electron chi connectivity index (χ0n) is 12.4. The normalized spacial score (nSPS) is 13.1. The number of halogens is 2. The monoisotopic (exact) mass is 284 g/mol. The molecule has 0 radical (unpaired) electrons. The number of hydrogen-bond acceptors (Lipinski definition) is 2. The van der Waals surface area contributed by atoms with E-state index in [1.165, 1.54) is 12.1 Å². The fourth-order valence-electron chi connectivity index (χ4n) is 1.67. The summed E-state index contributed by atoms with van der Waals surface area (Å²) in [6, 6.07) is 3.26. The molecule has 3 nitrogen and oxygen atoms in total. The Bertz CT molecular complexity index is 449. The van der Waals surface area contributed by atoms with Crippen LogP contribution in [0.2, 0.25) is 0 Å². The molecule has 0 spiro atoms. The van der Waals surface area contributed by atoms with Gasteiger partial charge in [-0.2, -0.15) is 0 Å². The SMILES string of the molecule is CC(NCCNC(=O)C(C)(C)C)c1cc(F)cc(F)c1. The van der Waals surface area contributed by atoms with Crippen molar-refractivity contribution in [3.05, 3.63) is 35.4 Å². The number of rotatable bonds is 5. The molecule has 1 unspecified atom stereocenters. The lowest BCUT2D eigenvalue weighted by Gasteiger charge is -2.19. The van der Waals surface area contributed by atoms with Crippen molar-refractivity contribution in [1.82, 2.24) is 10.6 Å². The van der Waals surface area contributed by atoms with E-state index in [0.717, 1.165) is 6.07 Å². The molecule has 2 N–H and O–H groups in total. The maximum Gasteiger partial charge on any atom is 0.225 e. The van der Waals surface area contributed by atoms with Crippen LogP contribution in [-0.4, -0.2) is 19.0 Å². The number of amides is 1. The van der Waals surface area contributed by atoms with Crippen LogP contribution < -0.4 is 10.6 Å². The summed E-state index contributed by atoms with van der Waals surface area (Å²) in [5, 5.41) is 5.91. The van der Waals surface area contributed by atoms with Gasteiger partial charge in [0.1, 0.15) is 11.6 Å². The van der Waals surface area contributed by atoms with Crippen LogP contribution in [0.15, 0.2) is 18.2 Å². The van der Waals surface area contributed by atoms with Crippen LogP contribution in [0.3, 0.4) is 0 Å². The molecule has 0 heterocycles. The van der Waals surface area contributed by atoms with Crippen LogP contribution in [0, 0.1) is 17.0 Å². The predicted molar refractivity (Wildman–Crippen MR) is 75.2 cm³/mol. The third kappa shape index (κ3) is 5.25. The molecular formula is C15H22F2N2O. The Kier molecular flexibility index (Phi) is 5.62. The summed E-state index contributed by atoms with van der Waals surface area (Å²) in [6.07, 6.45) is 0. The number of benzene rings is 1. The summed E-state index contributed by atoms with van der Waals surface area (Å²) in [4.78, 5) is 11.6. The molecule has 0 fully saturated rings. The van der Waals surface area contributed by atoms with Crippen molar-refractivity contribution in [3.8, 4) is 0 Å². The van der Waals surface area contributed by atoms with E-state index in [0.29, 0.717) is 18.7 Å². The van der Waals surface area contributed by atoms with Gasteiger partial charge in [-0.05, 0) is 24.6 Å². The Morgan fingerprint density at radius 2 is 1.70 bits per heavy atom. The van der Waals surface area contributed by atoms with E-state index in [2.05, 4.69) is 10.6 Å². The Morgan fingerprint density at radius 1 is 1.15 bits per heavy atom. The van der Waals surface area contributed by atoms with Crippen LogP contribution in [0.1, 0.15) is 39.3 Å². The Balaban J connectivity index is 2.40. The van der Waals surface area contributed by atoms with E-state index in [1.54, 1.807) is 0 Å². The largest absolute Gasteiger partial charge is 0.354 e. The number of carbonyl (C=O) groups excluding carboxylic acids is 1. The van der Waals surface area contributed by atoms with Crippen LogP contribution in [0.25, 0.3) is 0 Å². The quantitative estimate of drug-likeness (QED) is 0.816. The molecule has 0 aliphatic rings. The topological polar surface area (TPSA) is 41.1 Å². The number of carbonyl (C=O) groups is 1. The molecule has 1 amide bonds. The Labute approximate surface area is 118 Å². The van der Waals surface area contributed by atoms with Gasteiger partial charge in [0, 0.05) is 30.6 Å². The molecule has 1 aromatic rings. The van der Waals surface area contributed by atoms with Crippen molar-refractivity contribution in [1.29, 1.82) is 0 Å². The van der Waals surface area contributed by atoms with Gasteiger partial charge in [0.15, 0.2) is 0 Å². The highest BCUT2D eigenvalue weighted by atomic mass is 19.1. The Morgan fingerprint density at radius 3 is 2.20 bits per heavy atom. The minimum absolute atomic E-state index is 0.0243. The van der Waals surface area contributed by atoms with Crippen LogP contribution in [0.5, 0.6) is 0 Å². The van der Waals surface area contributed by atoms with Gasteiger partial charge < -0.3 is 10.6 Å². The van der Waals surface area contributed by atoms with E-state index in [-0.39, 0.29) is 11.9 Å². The molecule has 5 heteroatoms. The second-order valence-corrected chi connectivity index (χ2v) is 5.88. The summed E-state index contributed by atoms with van der Waals surface area (Å²) in [5.74, 6) is -1.20. The first kappa shape index (κ1) is 16.6. The molecule has 0 aliphatic heterocycles. The summed E-state index contributed by atoms with van der Waals surface area (Å²) in [7, 11) is 0. The smallest absolute Gasteiger partial charge is 0.225 e. The van der Waals surface area contributed by atoms with Crippen molar-refractivity contribution in [2.45, 2.75) is 33.7 Å². The molecule has 20 heavy (non-hydrogen) atoms. The van der Waals surface area contributed by atoms with E-state index < -0.39 is 17.0 Å². The van der Waals surface area contributed by atoms with E-state index >= 15 is 0 Å². The van der Waals surface area contributed by atoms with Crippen LogP contribution in [0.4, 0.5) is 8.78 Å². The second-order valence-electron chi connectivity index (χ2n) is 5.88. The molecule has 0 saturated heterocycles. The summed E-state index contributed by atoms with van der Waals surface area (Å²) < 4.78 is 26.2. The molecule has 1 aromatic carbocycles. The average Bonchev–Trinajstić information content (AvgIpc) is 2.31. The zero-order valence-corrected chi connectivity index (χ0v) is 12.4. The highest BCUT2D eigenvalue weighted by molar-refractivity contribution is 5.81. The van der Waals surface area contributed by atoms with Crippen molar-refractivity contribution in [2.24, 2.45) is 5.41 Å². The third-order valence-corrected chi connectivity index (χ3v) is 2.93. The Hall–Kier alpha value is -1.49. The fraction of sp³-hybridized carbons (Fsp3) is 0.533. The molecular weight excluding hydrogens is 262 g/mol. The highest BCUT2D eigenvalue weighted by Crippen LogP contribution is 2.15. The van der Waals surface area contributed by atoms with E-state index in [9.17, 15) is 13.6 Å². The summed E-state index contributed by atoms with van der Waals surface area (Å²) in [6.45, 7) is 8.34. The zero-order chi connectivity index (χ0) is 15.3. The van der Waals surface area contributed by atoms with Crippen molar-refractivity contribution >= 4 is 5.91 Å². The highest BCUT2D eigenvalue weighted by Gasteiger charge is 2.20. The van der Waals surface area contributed by atoms with Crippen LogP contribution in [-0.2, 0) is 4.79 Å². The maximum atomic E-state index is 13.1. The van der Waals surface area contributed by atoms with Gasteiger partial charge in [0.2, 0.25) is 5.91 Å². The minimum Gasteiger partial charge on any atom is -0.354 e. The van der Waals surface area contributed by atoms with Gasteiger partial charge in [0.05, 0.1) is 0 Å². The lowest BCUT2D eigenvalue weighted by molar-refractivity contribution is -0.128. The first-order chi connectivity index (χ1) is 9.20. The minimum atomic E-state index is -0.588. The molecule has 1 atom stereocenters. The molecule has 0 bridgehead atoms. The van der Waals surface area contributed by atoms with Gasteiger partial charge in [-0.1, -0.05) is 20.8 Å².